The highest BCUT2D eigenvalue weighted by molar-refractivity contribution is 7.15. The fraction of sp³-hybridized carbons (Fsp3) is 0.250. The van der Waals surface area contributed by atoms with Gasteiger partial charge in [0.1, 0.15) is 11.6 Å². The zero-order valence-corrected chi connectivity index (χ0v) is 11.9. The maximum atomic E-state index is 11.9. The van der Waals surface area contributed by atoms with Crippen molar-refractivity contribution in [3.63, 3.8) is 0 Å². The number of nitrogens with one attached hydrogen (secondary N) is 1. The minimum absolute atomic E-state index is 0.0787. The average molecular weight is 308 g/mol. The lowest BCUT2D eigenvalue weighted by Gasteiger charge is -2.02. The van der Waals surface area contributed by atoms with E-state index in [1.165, 1.54) is 24.5 Å². The summed E-state index contributed by atoms with van der Waals surface area (Å²) in [6.45, 7) is 0.317. The Morgan fingerprint density at radius 3 is 2.90 bits per heavy atom. The molecule has 1 aromatic heterocycles. The van der Waals surface area contributed by atoms with Gasteiger partial charge in [-0.3, -0.25) is 14.9 Å². The topological polar surface area (TPSA) is 107 Å². The molecular formula is C12H12N4O4S. The monoisotopic (exact) mass is 308 g/mol. The largest absolute Gasteiger partial charge is 0.377 e. The zero-order valence-electron chi connectivity index (χ0n) is 11.1. The zero-order chi connectivity index (χ0) is 15.2. The minimum atomic E-state index is -0.510. The summed E-state index contributed by atoms with van der Waals surface area (Å²) in [5.41, 5.74) is 0.270. The highest BCUT2D eigenvalue weighted by Crippen LogP contribution is 2.20. The Morgan fingerprint density at radius 1 is 1.43 bits per heavy atom. The van der Waals surface area contributed by atoms with Crippen molar-refractivity contribution in [2.75, 3.05) is 12.4 Å². The summed E-state index contributed by atoms with van der Waals surface area (Å²) in [5.74, 6) is -0.385. The number of aromatic nitrogens is 2. The molecule has 0 saturated carbocycles. The van der Waals surface area contributed by atoms with Crippen LogP contribution in [-0.4, -0.2) is 28.1 Å². The molecule has 0 spiro atoms. The smallest absolute Gasteiger partial charge is 0.273 e. The Bertz CT molecular complexity index is 658. The van der Waals surface area contributed by atoms with E-state index in [1.807, 2.05) is 0 Å². The molecule has 110 valence electrons. The third-order valence-electron chi connectivity index (χ3n) is 2.52. The number of anilines is 1. The number of hydrogen-bond donors (Lipinski definition) is 1. The fourth-order valence-electron chi connectivity index (χ4n) is 1.66. The number of hydrogen-bond acceptors (Lipinski definition) is 7. The number of ether oxygens (including phenoxy) is 1. The van der Waals surface area contributed by atoms with Crippen LogP contribution in [0.15, 0.2) is 24.3 Å². The predicted octanol–water partition coefficient (Wildman–Crippen LogP) is 1.77. The van der Waals surface area contributed by atoms with Gasteiger partial charge >= 0.3 is 0 Å². The van der Waals surface area contributed by atoms with Gasteiger partial charge in [0.25, 0.3) is 5.69 Å². The Balaban J connectivity index is 2.03. The summed E-state index contributed by atoms with van der Waals surface area (Å²) in [6.07, 6.45) is -0.101. The number of nitro groups is 1. The van der Waals surface area contributed by atoms with E-state index in [-0.39, 0.29) is 18.0 Å². The standard InChI is InChI=1S/C12H12N4O4S/c1-20-7-11-14-15-12(21-11)13-10(17)6-8-4-2-3-5-9(8)16(18)19/h2-5H,6-7H2,1H3,(H,13,15,17). The van der Waals surface area contributed by atoms with E-state index >= 15 is 0 Å². The van der Waals surface area contributed by atoms with Gasteiger partial charge in [-0.15, -0.1) is 10.2 Å². The van der Waals surface area contributed by atoms with Crippen LogP contribution in [0.1, 0.15) is 10.6 Å². The second-order valence-corrected chi connectivity index (χ2v) is 5.11. The Labute approximate surface area is 123 Å². The molecule has 0 fully saturated rings. The minimum Gasteiger partial charge on any atom is -0.377 e. The molecule has 0 radical (unpaired) electrons. The van der Waals surface area contributed by atoms with Gasteiger partial charge in [-0.1, -0.05) is 29.5 Å². The molecule has 2 aromatic rings. The van der Waals surface area contributed by atoms with Crippen LogP contribution in [0.4, 0.5) is 10.8 Å². The Morgan fingerprint density at radius 2 is 2.19 bits per heavy atom. The van der Waals surface area contributed by atoms with Crippen LogP contribution in [0.5, 0.6) is 0 Å². The van der Waals surface area contributed by atoms with E-state index in [4.69, 9.17) is 4.74 Å². The number of benzene rings is 1. The maximum absolute atomic E-state index is 11.9. The number of para-hydroxylation sites is 1. The lowest BCUT2D eigenvalue weighted by molar-refractivity contribution is -0.385. The van der Waals surface area contributed by atoms with Crippen molar-refractivity contribution in [1.82, 2.24) is 10.2 Å². The molecule has 0 aliphatic carbocycles. The molecule has 9 heteroatoms. The van der Waals surface area contributed by atoms with Gasteiger partial charge in [-0.05, 0) is 0 Å². The maximum Gasteiger partial charge on any atom is 0.273 e. The molecule has 8 nitrogen and oxygen atoms in total. The van der Waals surface area contributed by atoms with Crippen LogP contribution < -0.4 is 5.32 Å². The Kier molecular flexibility index (Phi) is 4.90. The van der Waals surface area contributed by atoms with Crippen LogP contribution in [0.25, 0.3) is 0 Å². The first-order chi connectivity index (χ1) is 10.1. The van der Waals surface area contributed by atoms with Crippen molar-refractivity contribution >= 4 is 28.1 Å². The van der Waals surface area contributed by atoms with E-state index in [1.54, 1.807) is 18.2 Å². The molecule has 0 saturated heterocycles. The van der Waals surface area contributed by atoms with Crippen molar-refractivity contribution in [2.45, 2.75) is 13.0 Å². The van der Waals surface area contributed by atoms with Gasteiger partial charge in [-0.25, -0.2) is 0 Å². The number of carbonyl (C=O) groups excluding carboxylic acids is 1. The predicted molar refractivity (Wildman–Crippen MR) is 76.1 cm³/mol. The van der Waals surface area contributed by atoms with Gasteiger partial charge in [0.05, 0.1) is 11.3 Å². The number of rotatable bonds is 6. The molecule has 2 rings (SSSR count). The molecule has 1 heterocycles. The van der Waals surface area contributed by atoms with Crippen molar-refractivity contribution in [1.29, 1.82) is 0 Å². The third kappa shape index (κ3) is 4.04. The second-order valence-electron chi connectivity index (χ2n) is 4.04. The summed E-state index contributed by atoms with van der Waals surface area (Å²) in [7, 11) is 1.54. The SMILES string of the molecule is COCc1nnc(NC(=O)Cc2ccccc2[N+](=O)[O-])s1. The summed E-state index contributed by atoms with van der Waals surface area (Å²) < 4.78 is 4.90. The molecule has 0 atom stereocenters. The van der Waals surface area contributed by atoms with Crippen molar-refractivity contribution in [3.8, 4) is 0 Å². The molecule has 0 bridgehead atoms. The normalized spacial score (nSPS) is 10.3. The lowest BCUT2D eigenvalue weighted by Crippen LogP contribution is -2.15. The first-order valence-corrected chi connectivity index (χ1v) is 6.75. The molecule has 1 amide bonds. The Hall–Kier alpha value is -2.39. The van der Waals surface area contributed by atoms with Crippen molar-refractivity contribution in [3.05, 3.63) is 45.0 Å². The highest BCUT2D eigenvalue weighted by atomic mass is 32.1. The van der Waals surface area contributed by atoms with Gasteiger partial charge in [0.2, 0.25) is 11.0 Å². The highest BCUT2D eigenvalue weighted by Gasteiger charge is 2.16. The van der Waals surface area contributed by atoms with E-state index in [2.05, 4.69) is 15.5 Å². The van der Waals surface area contributed by atoms with E-state index in [0.29, 0.717) is 22.3 Å². The average Bonchev–Trinajstić information content (AvgIpc) is 2.86. The van der Waals surface area contributed by atoms with Gasteiger partial charge in [0, 0.05) is 18.7 Å². The summed E-state index contributed by atoms with van der Waals surface area (Å²) in [4.78, 5) is 22.3. The van der Waals surface area contributed by atoms with Crippen LogP contribution in [0.2, 0.25) is 0 Å². The van der Waals surface area contributed by atoms with Crippen LogP contribution in [-0.2, 0) is 22.6 Å². The quantitative estimate of drug-likeness (QED) is 0.643. The number of amides is 1. The fourth-order valence-corrected chi connectivity index (χ4v) is 2.39. The van der Waals surface area contributed by atoms with Gasteiger partial charge in [0.15, 0.2) is 0 Å². The third-order valence-corrected chi connectivity index (χ3v) is 3.33. The molecule has 0 aliphatic rings. The molecule has 0 aliphatic heterocycles. The first kappa shape index (κ1) is 15.0. The number of nitrogens with zero attached hydrogens (tertiary/aromatic N) is 3. The number of carbonyl (C=O) groups is 1. The second kappa shape index (κ2) is 6.86. The lowest BCUT2D eigenvalue weighted by atomic mass is 10.1. The molecule has 1 aromatic carbocycles. The van der Waals surface area contributed by atoms with Gasteiger partial charge < -0.3 is 10.1 Å². The number of methoxy groups -OCH3 is 1. The first-order valence-electron chi connectivity index (χ1n) is 5.93. The summed E-state index contributed by atoms with van der Waals surface area (Å²) >= 11 is 1.19. The van der Waals surface area contributed by atoms with Crippen molar-refractivity contribution in [2.24, 2.45) is 0 Å². The van der Waals surface area contributed by atoms with Crippen LogP contribution in [0, 0.1) is 10.1 Å². The van der Waals surface area contributed by atoms with Crippen molar-refractivity contribution < 1.29 is 14.5 Å². The summed E-state index contributed by atoms with van der Waals surface area (Å²) in [6, 6.07) is 6.12. The van der Waals surface area contributed by atoms with E-state index < -0.39 is 4.92 Å². The summed E-state index contributed by atoms with van der Waals surface area (Å²) in [5, 5.41) is 22.0. The van der Waals surface area contributed by atoms with Crippen LogP contribution >= 0.6 is 11.3 Å². The molecule has 0 unspecified atom stereocenters. The van der Waals surface area contributed by atoms with E-state index in [9.17, 15) is 14.9 Å². The molecule has 1 N–H and O–H groups in total. The molecular weight excluding hydrogens is 296 g/mol. The van der Waals surface area contributed by atoms with E-state index in [0.717, 1.165) is 0 Å². The number of nitro benzene ring substituents is 1. The molecule has 21 heavy (non-hydrogen) atoms. The van der Waals surface area contributed by atoms with Crippen LogP contribution in [0.3, 0.4) is 0 Å². The van der Waals surface area contributed by atoms with Gasteiger partial charge in [-0.2, -0.15) is 0 Å².